The van der Waals surface area contributed by atoms with E-state index in [2.05, 4.69) is 15.3 Å². The molecule has 1 aromatic carbocycles. The van der Waals surface area contributed by atoms with Crippen LogP contribution in [0.4, 0.5) is 5.82 Å². The molecule has 0 aliphatic carbocycles. The molecule has 0 aliphatic heterocycles. The molecule has 0 saturated heterocycles. The molecule has 0 saturated carbocycles. The number of benzene rings is 1. The van der Waals surface area contributed by atoms with Gasteiger partial charge in [-0.05, 0) is 13.0 Å². The summed E-state index contributed by atoms with van der Waals surface area (Å²) in [5.41, 5.74) is 9.73. The van der Waals surface area contributed by atoms with Crippen molar-refractivity contribution in [3.8, 4) is 11.3 Å². The van der Waals surface area contributed by atoms with E-state index in [0.717, 1.165) is 27.9 Å². The highest BCUT2D eigenvalue weighted by molar-refractivity contribution is 5.95. The fourth-order valence-corrected chi connectivity index (χ4v) is 2.05. The van der Waals surface area contributed by atoms with E-state index < -0.39 is 0 Å². The summed E-state index contributed by atoms with van der Waals surface area (Å²) in [6.07, 6.45) is 0. The summed E-state index contributed by atoms with van der Waals surface area (Å²) >= 11 is 0. The number of hydrogen-bond donors (Lipinski definition) is 2. The highest BCUT2D eigenvalue weighted by atomic mass is 15.3. The maximum absolute atomic E-state index is 5.81. The first-order valence-corrected chi connectivity index (χ1v) is 5.40. The molecule has 0 atom stereocenters. The first-order valence-electron chi connectivity index (χ1n) is 5.40. The first-order chi connectivity index (χ1) is 8.16. The molecule has 17 heavy (non-hydrogen) atoms. The first kappa shape index (κ1) is 9.89. The van der Waals surface area contributed by atoms with Crippen molar-refractivity contribution in [1.29, 1.82) is 0 Å². The summed E-state index contributed by atoms with van der Waals surface area (Å²) in [7, 11) is 1.83. The van der Waals surface area contributed by atoms with E-state index in [1.807, 2.05) is 38.2 Å². The van der Waals surface area contributed by atoms with Crippen molar-refractivity contribution < 1.29 is 0 Å². The van der Waals surface area contributed by atoms with E-state index in [9.17, 15) is 0 Å². The van der Waals surface area contributed by atoms with Crippen LogP contribution in [0, 0.1) is 6.92 Å². The lowest BCUT2D eigenvalue weighted by Crippen LogP contribution is -1.96. The number of fused-ring (bicyclic) bond motifs is 1. The maximum Gasteiger partial charge on any atom is 0.121 e. The quantitative estimate of drug-likeness (QED) is 0.666. The third-order valence-electron chi connectivity index (χ3n) is 2.95. The number of H-pyrrole nitrogens is 1. The molecule has 3 rings (SSSR count). The molecule has 0 spiro atoms. The Labute approximate surface area is 98.2 Å². The molecular weight excluding hydrogens is 214 g/mol. The van der Waals surface area contributed by atoms with Crippen molar-refractivity contribution in [3.63, 3.8) is 0 Å². The predicted molar refractivity (Wildman–Crippen MR) is 67.4 cm³/mol. The zero-order valence-electron chi connectivity index (χ0n) is 9.73. The molecule has 0 amide bonds. The zero-order valence-corrected chi connectivity index (χ0v) is 9.73. The molecule has 86 valence electrons. The highest BCUT2D eigenvalue weighted by Crippen LogP contribution is 2.29. The molecule has 2 heterocycles. The number of aromatic nitrogens is 4. The van der Waals surface area contributed by atoms with Gasteiger partial charge in [-0.3, -0.25) is 9.78 Å². The monoisotopic (exact) mass is 227 g/mol. The zero-order chi connectivity index (χ0) is 12.0. The SMILES string of the molecule is Cc1[nH]nc2cccc(-c3cc(N)n(C)n3)c12. The van der Waals surface area contributed by atoms with Gasteiger partial charge in [0.2, 0.25) is 0 Å². The standard InChI is InChI=1S/C12H13N5/c1-7-12-8(4-3-5-9(12)15-14-7)10-6-11(13)17(2)16-10/h3-6H,13H2,1-2H3,(H,14,15). The van der Waals surface area contributed by atoms with Crippen LogP contribution >= 0.6 is 0 Å². The number of nitrogens with one attached hydrogen (secondary N) is 1. The number of nitrogen functional groups attached to an aromatic ring is 1. The second kappa shape index (κ2) is 3.35. The predicted octanol–water partition coefficient (Wildman–Crippen LogP) is 1.85. The topological polar surface area (TPSA) is 72.5 Å². The number of hydrogen-bond acceptors (Lipinski definition) is 3. The van der Waals surface area contributed by atoms with Gasteiger partial charge in [-0.25, -0.2) is 0 Å². The largest absolute Gasteiger partial charge is 0.384 e. The summed E-state index contributed by atoms with van der Waals surface area (Å²) in [6, 6.07) is 7.87. The van der Waals surface area contributed by atoms with Crippen LogP contribution in [0.5, 0.6) is 0 Å². The Kier molecular flexibility index (Phi) is 1.95. The van der Waals surface area contributed by atoms with Crippen molar-refractivity contribution in [2.45, 2.75) is 6.92 Å². The van der Waals surface area contributed by atoms with Gasteiger partial charge in [-0.1, -0.05) is 12.1 Å². The van der Waals surface area contributed by atoms with Crippen molar-refractivity contribution in [2.24, 2.45) is 7.05 Å². The average Bonchev–Trinajstić information content (AvgIpc) is 2.84. The summed E-state index contributed by atoms with van der Waals surface area (Å²) in [5, 5.41) is 12.7. The Morgan fingerprint density at radius 2 is 2.18 bits per heavy atom. The van der Waals surface area contributed by atoms with Gasteiger partial charge in [0.05, 0.1) is 11.2 Å². The van der Waals surface area contributed by atoms with Crippen LogP contribution in [0.15, 0.2) is 24.3 Å². The lowest BCUT2D eigenvalue weighted by molar-refractivity contribution is 0.782. The van der Waals surface area contributed by atoms with Gasteiger partial charge in [-0.15, -0.1) is 0 Å². The molecule has 0 fully saturated rings. The van der Waals surface area contributed by atoms with Crippen LogP contribution in [0.1, 0.15) is 5.69 Å². The number of aryl methyl sites for hydroxylation is 2. The third kappa shape index (κ3) is 1.39. The Hall–Kier alpha value is -2.30. The van der Waals surface area contributed by atoms with Gasteiger partial charge in [-0.2, -0.15) is 10.2 Å². The normalized spacial score (nSPS) is 11.2. The van der Waals surface area contributed by atoms with Crippen molar-refractivity contribution in [2.75, 3.05) is 5.73 Å². The number of nitrogens with two attached hydrogens (primary N) is 1. The second-order valence-electron chi connectivity index (χ2n) is 4.13. The molecular formula is C12H13N5. The van der Waals surface area contributed by atoms with Gasteiger partial charge in [0.1, 0.15) is 5.82 Å². The van der Waals surface area contributed by atoms with Crippen LogP contribution in [0.2, 0.25) is 0 Å². The summed E-state index contributed by atoms with van der Waals surface area (Å²) < 4.78 is 1.67. The Morgan fingerprint density at radius 1 is 1.35 bits per heavy atom. The second-order valence-corrected chi connectivity index (χ2v) is 4.13. The van der Waals surface area contributed by atoms with Crippen LogP contribution in [-0.4, -0.2) is 20.0 Å². The molecule has 0 radical (unpaired) electrons. The van der Waals surface area contributed by atoms with Crippen LogP contribution in [0.3, 0.4) is 0 Å². The van der Waals surface area contributed by atoms with E-state index in [1.54, 1.807) is 4.68 Å². The fourth-order valence-electron chi connectivity index (χ4n) is 2.05. The van der Waals surface area contributed by atoms with Gasteiger partial charge < -0.3 is 5.73 Å². The van der Waals surface area contributed by atoms with Gasteiger partial charge in [0.25, 0.3) is 0 Å². The Bertz CT molecular complexity index is 673. The Balaban J connectivity index is 2.33. The van der Waals surface area contributed by atoms with Crippen LogP contribution in [-0.2, 0) is 7.05 Å². The van der Waals surface area contributed by atoms with Crippen molar-refractivity contribution >= 4 is 16.7 Å². The molecule has 0 aliphatic rings. The van der Waals surface area contributed by atoms with E-state index in [-0.39, 0.29) is 0 Å². The highest BCUT2D eigenvalue weighted by Gasteiger charge is 2.11. The van der Waals surface area contributed by atoms with E-state index in [1.165, 1.54) is 0 Å². The summed E-state index contributed by atoms with van der Waals surface area (Å²) in [4.78, 5) is 0. The van der Waals surface area contributed by atoms with E-state index in [4.69, 9.17) is 5.73 Å². The van der Waals surface area contributed by atoms with E-state index >= 15 is 0 Å². The minimum Gasteiger partial charge on any atom is -0.384 e. The molecule has 0 unspecified atom stereocenters. The maximum atomic E-state index is 5.81. The lowest BCUT2D eigenvalue weighted by atomic mass is 10.1. The third-order valence-corrected chi connectivity index (χ3v) is 2.95. The molecule has 2 aromatic heterocycles. The van der Waals surface area contributed by atoms with Crippen LogP contribution < -0.4 is 5.73 Å². The summed E-state index contributed by atoms with van der Waals surface area (Å²) in [5.74, 6) is 0.651. The van der Waals surface area contributed by atoms with Crippen LogP contribution in [0.25, 0.3) is 22.2 Å². The minimum absolute atomic E-state index is 0.651. The molecule has 3 N–H and O–H groups in total. The molecule has 0 bridgehead atoms. The number of rotatable bonds is 1. The molecule has 3 aromatic rings. The minimum atomic E-state index is 0.651. The summed E-state index contributed by atoms with van der Waals surface area (Å²) in [6.45, 7) is 2.01. The van der Waals surface area contributed by atoms with Gasteiger partial charge in [0, 0.05) is 29.8 Å². The lowest BCUT2D eigenvalue weighted by Gasteiger charge is -1.99. The average molecular weight is 227 g/mol. The van der Waals surface area contributed by atoms with Crippen molar-refractivity contribution in [1.82, 2.24) is 20.0 Å². The van der Waals surface area contributed by atoms with Gasteiger partial charge in [0.15, 0.2) is 0 Å². The van der Waals surface area contributed by atoms with Gasteiger partial charge >= 0.3 is 0 Å². The number of aromatic amines is 1. The Morgan fingerprint density at radius 3 is 2.88 bits per heavy atom. The smallest absolute Gasteiger partial charge is 0.121 e. The number of nitrogens with zero attached hydrogens (tertiary/aromatic N) is 3. The fraction of sp³-hybridized carbons (Fsp3) is 0.167. The molecule has 5 nitrogen and oxygen atoms in total. The molecule has 5 heteroatoms. The number of anilines is 1. The van der Waals surface area contributed by atoms with E-state index in [0.29, 0.717) is 5.82 Å². The van der Waals surface area contributed by atoms with Crippen molar-refractivity contribution in [3.05, 3.63) is 30.0 Å².